The summed E-state index contributed by atoms with van der Waals surface area (Å²) in [5.74, 6) is 1.72. The van der Waals surface area contributed by atoms with E-state index in [0.29, 0.717) is 41.7 Å². The van der Waals surface area contributed by atoms with E-state index in [1.54, 1.807) is 28.9 Å². The van der Waals surface area contributed by atoms with Crippen LogP contribution < -0.4 is 16.0 Å². The summed E-state index contributed by atoms with van der Waals surface area (Å²) in [4.78, 5) is 19.6. The van der Waals surface area contributed by atoms with E-state index in [2.05, 4.69) is 43.3 Å². The molecule has 5 aromatic rings. The number of rotatable bonds is 11. The highest BCUT2D eigenvalue weighted by Gasteiger charge is 2.14. The average Bonchev–Trinajstić information content (AvgIpc) is 3.53. The minimum atomic E-state index is -0.212. The summed E-state index contributed by atoms with van der Waals surface area (Å²) in [6.07, 6.45) is 2.52. The molecule has 0 unspecified atom stereocenters. The van der Waals surface area contributed by atoms with Gasteiger partial charge in [0.2, 0.25) is 0 Å². The van der Waals surface area contributed by atoms with E-state index in [0.717, 1.165) is 46.9 Å². The number of halogens is 2. The number of amides is 1. The van der Waals surface area contributed by atoms with Gasteiger partial charge in [0, 0.05) is 55.8 Å². The molecule has 0 aliphatic heterocycles. The van der Waals surface area contributed by atoms with Gasteiger partial charge in [0.15, 0.2) is 0 Å². The number of nitrogens with one attached hydrogen (secondary N) is 1. The Bertz CT molecular complexity index is 1610. The van der Waals surface area contributed by atoms with Crippen molar-refractivity contribution in [2.24, 2.45) is 7.05 Å². The number of nitrogens with two attached hydrogens (primary N) is 1. The Balaban J connectivity index is 1.24. The second-order valence-electron chi connectivity index (χ2n) is 9.45. The Labute approximate surface area is 242 Å². The molecule has 0 atom stereocenters. The largest absolute Gasteiger partial charge is 0.397 e. The zero-order valence-corrected chi connectivity index (χ0v) is 23.6. The highest BCUT2D eigenvalue weighted by molar-refractivity contribution is 6.18. The van der Waals surface area contributed by atoms with E-state index < -0.39 is 0 Å². The van der Waals surface area contributed by atoms with Gasteiger partial charge in [-0.15, -0.1) is 28.3 Å². The molecule has 0 bridgehead atoms. The summed E-state index contributed by atoms with van der Waals surface area (Å²) < 4.78 is 3.86. The Morgan fingerprint density at radius 1 is 1.02 bits per heavy atom. The van der Waals surface area contributed by atoms with E-state index in [-0.39, 0.29) is 5.91 Å². The van der Waals surface area contributed by atoms with E-state index >= 15 is 0 Å². The summed E-state index contributed by atoms with van der Waals surface area (Å²) in [7, 11) is 2.00. The molecule has 206 valence electrons. The Morgan fingerprint density at radius 3 is 2.50 bits per heavy atom. The lowest BCUT2D eigenvalue weighted by Crippen LogP contribution is -2.27. The van der Waals surface area contributed by atoms with Crippen molar-refractivity contribution in [3.05, 3.63) is 95.6 Å². The van der Waals surface area contributed by atoms with Crippen LogP contribution >= 0.6 is 23.2 Å². The molecule has 2 heterocycles. The third-order valence-electron chi connectivity index (χ3n) is 6.73. The molecule has 0 fully saturated rings. The number of para-hydroxylation sites is 2. The molecule has 0 spiro atoms. The van der Waals surface area contributed by atoms with Crippen molar-refractivity contribution in [2.45, 2.75) is 13.0 Å². The molecule has 0 aliphatic rings. The quantitative estimate of drug-likeness (QED) is 0.171. The first kappa shape index (κ1) is 27.5. The van der Waals surface area contributed by atoms with Crippen molar-refractivity contribution in [3.8, 4) is 0 Å². The fourth-order valence-corrected chi connectivity index (χ4v) is 4.99. The number of alkyl halides is 2. The maximum absolute atomic E-state index is 12.6. The molecular weight excluding hydrogens is 547 g/mol. The van der Waals surface area contributed by atoms with Crippen LogP contribution in [0.1, 0.15) is 27.4 Å². The third-order valence-corrected chi connectivity index (χ3v) is 7.07. The van der Waals surface area contributed by atoms with Gasteiger partial charge in [-0.2, -0.15) is 0 Å². The number of carbonyl (C=O) groups is 1. The monoisotopic (exact) mass is 576 g/mol. The van der Waals surface area contributed by atoms with Crippen LogP contribution in [-0.2, 0) is 20.0 Å². The summed E-state index contributed by atoms with van der Waals surface area (Å²) in [5.41, 5.74) is 12.4. The Hall–Kier alpha value is -4.08. The molecule has 0 aliphatic carbocycles. The highest BCUT2D eigenvalue weighted by atomic mass is 35.5. The van der Waals surface area contributed by atoms with E-state index in [1.807, 2.05) is 37.5 Å². The highest BCUT2D eigenvalue weighted by Crippen LogP contribution is 2.23. The van der Waals surface area contributed by atoms with Crippen LogP contribution in [0.25, 0.3) is 11.0 Å². The standard InChI is InChI=1S/C29H30Cl2N8O/c1-37-27-11-10-23(38(14-12-30)15-13-31)17-26(27)33-28(37)19-39-18-22(35-36-39)16-20-6-8-21(9-7-20)29(40)34-25-5-3-2-4-24(25)32/h2-11,17-18H,12-16,19,32H2,1H3,(H,34,40). The second kappa shape index (κ2) is 12.4. The van der Waals surface area contributed by atoms with Gasteiger partial charge in [-0.05, 0) is 48.0 Å². The number of imidazole rings is 1. The fourth-order valence-electron chi connectivity index (χ4n) is 4.58. The van der Waals surface area contributed by atoms with Crippen LogP contribution in [-0.4, -0.2) is 55.3 Å². The number of nitrogen functional groups attached to an aromatic ring is 1. The van der Waals surface area contributed by atoms with Crippen LogP contribution in [0, 0.1) is 0 Å². The summed E-state index contributed by atoms with van der Waals surface area (Å²) >= 11 is 12.0. The maximum Gasteiger partial charge on any atom is 0.255 e. The van der Waals surface area contributed by atoms with Crippen molar-refractivity contribution >= 4 is 57.2 Å². The summed E-state index contributed by atoms with van der Waals surface area (Å²) in [5, 5.41) is 11.5. The molecule has 40 heavy (non-hydrogen) atoms. The van der Waals surface area contributed by atoms with Gasteiger partial charge in [0.1, 0.15) is 12.4 Å². The molecule has 11 heteroatoms. The number of fused-ring (bicyclic) bond motifs is 1. The SMILES string of the molecule is Cn1c(Cn2cc(Cc3ccc(C(=O)Nc4ccccc4N)cc3)nn2)nc2cc(N(CCCl)CCCl)ccc21. The molecule has 5 rings (SSSR count). The average molecular weight is 578 g/mol. The zero-order valence-electron chi connectivity index (χ0n) is 22.1. The van der Waals surface area contributed by atoms with Gasteiger partial charge < -0.3 is 20.5 Å². The molecular formula is C29H30Cl2N8O. The van der Waals surface area contributed by atoms with Gasteiger partial charge in [0.25, 0.3) is 5.91 Å². The lowest BCUT2D eigenvalue weighted by molar-refractivity contribution is 0.102. The Kier molecular flexibility index (Phi) is 8.52. The predicted molar refractivity (Wildman–Crippen MR) is 162 cm³/mol. The number of hydrogen-bond donors (Lipinski definition) is 2. The number of aryl methyl sites for hydroxylation is 1. The first-order chi connectivity index (χ1) is 19.4. The summed E-state index contributed by atoms with van der Waals surface area (Å²) in [6.45, 7) is 1.93. The summed E-state index contributed by atoms with van der Waals surface area (Å²) in [6, 6.07) is 20.8. The van der Waals surface area contributed by atoms with E-state index in [1.165, 1.54) is 0 Å². The molecule has 0 saturated heterocycles. The molecule has 3 N–H and O–H groups in total. The van der Waals surface area contributed by atoms with Gasteiger partial charge in [-0.1, -0.05) is 29.5 Å². The van der Waals surface area contributed by atoms with Crippen LogP contribution in [0.5, 0.6) is 0 Å². The van der Waals surface area contributed by atoms with Gasteiger partial charge in [-0.25, -0.2) is 9.67 Å². The first-order valence-corrected chi connectivity index (χ1v) is 14.0. The topological polar surface area (TPSA) is 107 Å². The minimum absolute atomic E-state index is 0.212. The van der Waals surface area contributed by atoms with Gasteiger partial charge >= 0.3 is 0 Å². The van der Waals surface area contributed by atoms with E-state index in [9.17, 15) is 4.79 Å². The molecule has 0 saturated carbocycles. The first-order valence-electron chi connectivity index (χ1n) is 12.9. The van der Waals surface area contributed by atoms with Crippen LogP contribution in [0.3, 0.4) is 0 Å². The number of benzene rings is 3. The number of aromatic nitrogens is 5. The molecule has 2 aromatic heterocycles. The Morgan fingerprint density at radius 2 is 1.77 bits per heavy atom. The lowest BCUT2D eigenvalue weighted by atomic mass is 10.1. The molecule has 1 amide bonds. The smallest absolute Gasteiger partial charge is 0.255 e. The van der Waals surface area contributed by atoms with Gasteiger partial charge in [0.05, 0.1) is 28.1 Å². The number of nitrogens with zero attached hydrogens (tertiary/aromatic N) is 6. The molecule has 9 nitrogen and oxygen atoms in total. The fraction of sp³-hybridized carbons (Fsp3) is 0.241. The van der Waals surface area contributed by atoms with Crippen molar-refractivity contribution < 1.29 is 4.79 Å². The molecule has 3 aromatic carbocycles. The maximum atomic E-state index is 12.6. The van der Waals surface area contributed by atoms with Crippen LogP contribution in [0.2, 0.25) is 0 Å². The van der Waals surface area contributed by atoms with Crippen LogP contribution in [0.15, 0.2) is 72.9 Å². The van der Waals surface area contributed by atoms with Crippen LogP contribution in [0.4, 0.5) is 17.1 Å². The van der Waals surface area contributed by atoms with E-state index in [4.69, 9.17) is 33.9 Å². The predicted octanol–water partition coefficient (Wildman–Crippen LogP) is 4.92. The number of anilines is 3. The zero-order chi connectivity index (χ0) is 28.1. The third kappa shape index (κ3) is 6.21. The lowest BCUT2D eigenvalue weighted by Gasteiger charge is -2.22. The van der Waals surface area contributed by atoms with Gasteiger partial charge in [-0.3, -0.25) is 4.79 Å². The minimum Gasteiger partial charge on any atom is -0.397 e. The second-order valence-corrected chi connectivity index (χ2v) is 10.2. The van der Waals surface area contributed by atoms with Crippen molar-refractivity contribution in [1.29, 1.82) is 0 Å². The van der Waals surface area contributed by atoms with Crippen molar-refractivity contribution in [2.75, 3.05) is 40.8 Å². The number of hydrogen-bond acceptors (Lipinski definition) is 6. The molecule has 0 radical (unpaired) electrons. The normalized spacial score (nSPS) is 11.2. The number of carbonyl (C=O) groups excluding carboxylic acids is 1. The van der Waals surface area contributed by atoms with Crippen molar-refractivity contribution in [1.82, 2.24) is 24.5 Å². The van der Waals surface area contributed by atoms with Crippen molar-refractivity contribution in [3.63, 3.8) is 0 Å².